The molecule has 27 heavy (non-hydrogen) atoms. The first kappa shape index (κ1) is 16.1. The van der Waals surface area contributed by atoms with Gasteiger partial charge in [0.05, 0.1) is 17.4 Å². The number of carbonyl (C=O) groups is 1. The zero-order valence-electron chi connectivity index (χ0n) is 14.9. The van der Waals surface area contributed by atoms with Crippen LogP contribution in [0.2, 0.25) is 0 Å². The number of aromatic nitrogens is 3. The summed E-state index contributed by atoms with van der Waals surface area (Å²) in [5.74, 6) is -0.208. The van der Waals surface area contributed by atoms with Crippen LogP contribution in [0.15, 0.2) is 48.8 Å². The molecule has 0 aliphatic carbocycles. The largest absolute Gasteiger partial charge is 0.358 e. The van der Waals surface area contributed by atoms with Crippen LogP contribution < -0.4 is 0 Å². The van der Waals surface area contributed by atoms with Gasteiger partial charge in [-0.15, -0.1) is 0 Å². The van der Waals surface area contributed by atoms with Crippen LogP contribution in [0.5, 0.6) is 0 Å². The highest BCUT2D eigenvalue weighted by Gasteiger charge is 2.28. The molecule has 0 bridgehead atoms. The van der Waals surface area contributed by atoms with Crippen molar-refractivity contribution in [2.24, 2.45) is 0 Å². The maximum absolute atomic E-state index is 13.7. The Hall–Kier alpha value is -3.15. The number of aromatic amines is 1. The molecule has 2 aromatic carbocycles. The highest BCUT2D eigenvalue weighted by Crippen LogP contribution is 2.29. The van der Waals surface area contributed by atoms with E-state index in [1.165, 1.54) is 6.07 Å². The molecule has 0 radical (unpaired) electrons. The molecule has 1 N–H and O–H groups in total. The van der Waals surface area contributed by atoms with Crippen molar-refractivity contribution >= 4 is 27.8 Å². The van der Waals surface area contributed by atoms with Crippen molar-refractivity contribution in [3.8, 4) is 0 Å². The van der Waals surface area contributed by atoms with E-state index >= 15 is 0 Å². The van der Waals surface area contributed by atoms with E-state index in [4.69, 9.17) is 0 Å². The minimum Gasteiger partial charge on any atom is -0.358 e. The van der Waals surface area contributed by atoms with Crippen LogP contribution in [0.25, 0.3) is 21.9 Å². The lowest BCUT2D eigenvalue weighted by molar-refractivity contribution is -0.135. The second-order valence-corrected chi connectivity index (χ2v) is 7.10. The van der Waals surface area contributed by atoms with Gasteiger partial charge >= 0.3 is 0 Å². The van der Waals surface area contributed by atoms with Gasteiger partial charge in [0.1, 0.15) is 11.9 Å². The summed E-state index contributed by atoms with van der Waals surface area (Å²) in [6, 6.07) is 12.2. The van der Waals surface area contributed by atoms with Gasteiger partial charge in [0, 0.05) is 41.7 Å². The molecule has 136 valence electrons. The normalized spacial score (nSPS) is 15.3. The molecule has 0 spiro atoms. The first-order valence-corrected chi connectivity index (χ1v) is 9.11. The van der Waals surface area contributed by atoms with E-state index in [0.29, 0.717) is 13.1 Å². The molecule has 4 aromatic rings. The number of imidazole rings is 1. The number of nitrogens with zero attached hydrogens (tertiary/aromatic N) is 3. The van der Waals surface area contributed by atoms with Crippen molar-refractivity contribution < 1.29 is 9.18 Å². The molecule has 5 rings (SSSR count). The third-order valence-corrected chi connectivity index (χ3v) is 5.50. The summed E-state index contributed by atoms with van der Waals surface area (Å²) in [6.45, 7) is 3.05. The first-order valence-electron chi connectivity index (χ1n) is 9.11. The molecule has 2 aromatic heterocycles. The number of fused-ring (bicyclic) bond motifs is 4. The van der Waals surface area contributed by atoms with Gasteiger partial charge in [-0.2, -0.15) is 0 Å². The van der Waals surface area contributed by atoms with E-state index in [1.807, 2.05) is 40.7 Å². The van der Waals surface area contributed by atoms with E-state index < -0.39 is 0 Å². The van der Waals surface area contributed by atoms with Crippen LogP contribution in [0.1, 0.15) is 24.2 Å². The van der Waals surface area contributed by atoms with Crippen molar-refractivity contribution in [1.29, 1.82) is 0 Å². The lowest BCUT2D eigenvalue weighted by Crippen LogP contribution is -2.39. The lowest BCUT2D eigenvalue weighted by atomic mass is 10.0. The number of hydrogen-bond donors (Lipinski definition) is 1. The minimum atomic E-state index is -0.346. The van der Waals surface area contributed by atoms with Crippen LogP contribution in [-0.4, -0.2) is 31.9 Å². The molecule has 6 heteroatoms. The van der Waals surface area contributed by atoms with Crippen LogP contribution in [-0.2, 0) is 17.8 Å². The summed E-state index contributed by atoms with van der Waals surface area (Å²) < 4.78 is 15.6. The van der Waals surface area contributed by atoms with Crippen molar-refractivity contribution in [3.63, 3.8) is 0 Å². The van der Waals surface area contributed by atoms with E-state index in [1.54, 1.807) is 18.5 Å². The number of carbonyl (C=O) groups excluding carboxylic acids is 1. The molecular formula is C21H19FN4O. The molecule has 0 saturated carbocycles. The van der Waals surface area contributed by atoms with Crippen LogP contribution in [0.4, 0.5) is 4.39 Å². The number of halogens is 1. The van der Waals surface area contributed by atoms with Crippen LogP contribution in [0, 0.1) is 5.82 Å². The van der Waals surface area contributed by atoms with Crippen molar-refractivity contribution in [2.75, 3.05) is 6.54 Å². The predicted octanol–water partition coefficient (Wildman–Crippen LogP) is 3.80. The maximum atomic E-state index is 13.7. The van der Waals surface area contributed by atoms with Gasteiger partial charge in [-0.3, -0.25) is 4.79 Å². The molecule has 1 aliphatic heterocycles. The lowest BCUT2D eigenvalue weighted by Gasteiger charge is -2.30. The fraction of sp³-hybridized carbons (Fsp3) is 0.238. The van der Waals surface area contributed by atoms with E-state index in [-0.39, 0.29) is 17.8 Å². The predicted molar refractivity (Wildman–Crippen MR) is 102 cm³/mol. The molecule has 3 heterocycles. The average molecular weight is 362 g/mol. The zero-order chi connectivity index (χ0) is 18.5. The monoisotopic (exact) mass is 362 g/mol. The summed E-state index contributed by atoms with van der Waals surface area (Å²) in [5, 5.41) is 0.864. The van der Waals surface area contributed by atoms with Crippen LogP contribution in [0.3, 0.4) is 0 Å². The van der Waals surface area contributed by atoms with Crippen LogP contribution >= 0.6 is 0 Å². The molecular weight excluding hydrogens is 343 g/mol. The van der Waals surface area contributed by atoms with E-state index in [0.717, 1.165) is 39.6 Å². The Labute approximate surface area is 155 Å². The Bertz CT molecular complexity index is 1180. The molecule has 5 nitrogen and oxygen atoms in total. The van der Waals surface area contributed by atoms with Gasteiger partial charge in [0.25, 0.3) is 0 Å². The molecule has 0 saturated heterocycles. The number of hydrogen-bond acceptors (Lipinski definition) is 2. The summed E-state index contributed by atoms with van der Waals surface area (Å²) >= 11 is 0. The second-order valence-electron chi connectivity index (χ2n) is 7.10. The second kappa shape index (κ2) is 5.94. The number of benzene rings is 2. The number of H-pyrrole nitrogens is 1. The van der Waals surface area contributed by atoms with Gasteiger partial charge in [0.15, 0.2) is 0 Å². The van der Waals surface area contributed by atoms with Gasteiger partial charge in [-0.05, 0) is 37.3 Å². The zero-order valence-corrected chi connectivity index (χ0v) is 14.9. The highest BCUT2D eigenvalue weighted by atomic mass is 19.1. The quantitative estimate of drug-likeness (QED) is 0.590. The Morgan fingerprint density at radius 1 is 1.26 bits per heavy atom. The molecule has 1 amide bonds. The summed E-state index contributed by atoms with van der Waals surface area (Å²) in [6.07, 6.45) is 2.47. The minimum absolute atomic E-state index is 0.0505. The number of rotatable bonds is 2. The van der Waals surface area contributed by atoms with Gasteiger partial charge in [0.2, 0.25) is 5.91 Å². The Balaban J connectivity index is 1.46. The average Bonchev–Trinajstić information content (AvgIpc) is 3.27. The third-order valence-electron chi connectivity index (χ3n) is 5.50. The van der Waals surface area contributed by atoms with Gasteiger partial charge in [-0.25, -0.2) is 9.37 Å². The Morgan fingerprint density at radius 3 is 3.00 bits per heavy atom. The fourth-order valence-corrected chi connectivity index (χ4v) is 4.04. The number of nitrogens with one attached hydrogen (secondary N) is 1. The maximum Gasteiger partial charge on any atom is 0.245 e. The first-order chi connectivity index (χ1) is 13.1. The third kappa shape index (κ3) is 2.51. The summed E-state index contributed by atoms with van der Waals surface area (Å²) in [7, 11) is 0. The van der Waals surface area contributed by atoms with E-state index in [9.17, 15) is 9.18 Å². The number of para-hydroxylation sites is 2. The number of amides is 1. The fourth-order valence-electron chi connectivity index (χ4n) is 4.04. The highest BCUT2D eigenvalue weighted by molar-refractivity contribution is 5.87. The molecule has 0 fully saturated rings. The van der Waals surface area contributed by atoms with Crippen molar-refractivity contribution in [2.45, 2.75) is 25.9 Å². The van der Waals surface area contributed by atoms with Gasteiger partial charge in [-0.1, -0.05) is 12.1 Å². The molecule has 0 unspecified atom stereocenters. The van der Waals surface area contributed by atoms with Crippen molar-refractivity contribution in [1.82, 2.24) is 19.4 Å². The summed E-state index contributed by atoms with van der Waals surface area (Å²) in [5.41, 5.74) is 4.87. The standard InChI is InChI=1S/C21H19FN4O/c1-13(26-12-23-19-4-2-3-5-20(19)26)21(27)25-9-8-18-16(11-25)15-10-14(22)6-7-17(15)24-18/h2-7,10,12-13,24H,8-9,11H2,1H3/t13-/m1/s1. The Kier molecular flexibility index (Phi) is 3.53. The SMILES string of the molecule is C[C@H](C(=O)N1CCc2[nH]c3ccc(F)cc3c2C1)n1cnc2ccccc21. The van der Waals surface area contributed by atoms with E-state index in [2.05, 4.69) is 9.97 Å². The van der Waals surface area contributed by atoms with Crippen molar-refractivity contribution in [3.05, 3.63) is 65.9 Å². The topological polar surface area (TPSA) is 53.9 Å². The Morgan fingerprint density at radius 2 is 2.11 bits per heavy atom. The van der Waals surface area contributed by atoms with Gasteiger partial charge < -0.3 is 14.5 Å². The smallest absolute Gasteiger partial charge is 0.245 e. The molecule has 1 atom stereocenters. The summed E-state index contributed by atoms with van der Waals surface area (Å²) in [4.78, 5) is 22.8. The molecule has 1 aliphatic rings.